The van der Waals surface area contributed by atoms with Crippen molar-refractivity contribution < 1.29 is 14.6 Å². The molecule has 0 radical (unpaired) electrons. The van der Waals surface area contributed by atoms with Crippen LogP contribution in [0.25, 0.3) is 21.7 Å². The van der Waals surface area contributed by atoms with Gasteiger partial charge in [0.25, 0.3) is 0 Å². The van der Waals surface area contributed by atoms with Crippen LogP contribution in [0.5, 0.6) is 11.5 Å². The number of hydrogen-bond acceptors (Lipinski definition) is 4. The van der Waals surface area contributed by atoms with E-state index in [-0.39, 0.29) is 27.5 Å². The van der Waals surface area contributed by atoms with Gasteiger partial charge < -0.3 is 14.6 Å². The van der Waals surface area contributed by atoms with E-state index in [1.165, 1.54) is 24.3 Å². The van der Waals surface area contributed by atoms with Crippen molar-refractivity contribution in [2.75, 3.05) is 0 Å². The lowest BCUT2D eigenvalue weighted by Gasteiger charge is -2.04. The van der Waals surface area contributed by atoms with Crippen LogP contribution in [-0.2, 0) is 0 Å². The standard InChI is InChI=1S/C13H7ClO4/c14-10-4-8-7-2-1-6(15)3-12(7)18-13(17)9(8)5-11(10)16/h1-5,15-16H. The first-order chi connectivity index (χ1) is 8.56. The SMILES string of the molecule is O=c1oc2cc(O)ccc2c2cc(Cl)c(O)cc12. The number of benzene rings is 2. The molecule has 3 aromatic rings. The maximum absolute atomic E-state index is 11.8. The monoisotopic (exact) mass is 262 g/mol. The van der Waals surface area contributed by atoms with Crippen LogP contribution in [0.4, 0.5) is 0 Å². The highest BCUT2D eigenvalue weighted by Crippen LogP contribution is 2.32. The van der Waals surface area contributed by atoms with Gasteiger partial charge in [0, 0.05) is 16.8 Å². The molecule has 2 aromatic carbocycles. The summed E-state index contributed by atoms with van der Waals surface area (Å²) >= 11 is 5.84. The first-order valence-electron chi connectivity index (χ1n) is 5.14. The predicted molar refractivity (Wildman–Crippen MR) is 68.3 cm³/mol. The summed E-state index contributed by atoms with van der Waals surface area (Å²) in [6.45, 7) is 0. The molecule has 0 aliphatic heterocycles. The lowest BCUT2D eigenvalue weighted by Crippen LogP contribution is -1.99. The molecule has 0 fully saturated rings. The zero-order valence-corrected chi connectivity index (χ0v) is 9.73. The Kier molecular flexibility index (Phi) is 2.21. The average Bonchev–Trinajstić information content (AvgIpc) is 2.31. The maximum Gasteiger partial charge on any atom is 0.344 e. The van der Waals surface area contributed by atoms with E-state index in [0.717, 1.165) is 0 Å². The largest absolute Gasteiger partial charge is 0.508 e. The summed E-state index contributed by atoms with van der Waals surface area (Å²) in [5, 5.41) is 20.5. The third-order valence-corrected chi connectivity index (χ3v) is 3.07. The zero-order valence-electron chi connectivity index (χ0n) is 8.98. The maximum atomic E-state index is 11.8. The van der Waals surface area contributed by atoms with Crippen LogP contribution in [0.3, 0.4) is 0 Å². The molecule has 0 atom stereocenters. The first kappa shape index (κ1) is 10.9. The summed E-state index contributed by atoms with van der Waals surface area (Å²) in [4.78, 5) is 11.8. The summed E-state index contributed by atoms with van der Waals surface area (Å²) in [5.74, 6) is -0.163. The quantitative estimate of drug-likeness (QED) is 0.483. The number of aromatic hydroxyl groups is 2. The molecule has 0 bridgehead atoms. The van der Waals surface area contributed by atoms with Gasteiger partial charge in [0.1, 0.15) is 17.1 Å². The molecule has 4 nitrogen and oxygen atoms in total. The second-order valence-corrected chi connectivity index (χ2v) is 4.33. The highest BCUT2D eigenvalue weighted by atomic mass is 35.5. The van der Waals surface area contributed by atoms with E-state index in [2.05, 4.69) is 0 Å². The zero-order chi connectivity index (χ0) is 12.9. The van der Waals surface area contributed by atoms with Gasteiger partial charge in [0.2, 0.25) is 0 Å². The molecule has 2 N–H and O–H groups in total. The Balaban J connectivity index is 2.61. The molecule has 90 valence electrons. The second-order valence-electron chi connectivity index (χ2n) is 3.92. The van der Waals surface area contributed by atoms with Crippen molar-refractivity contribution >= 4 is 33.3 Å². The minimum absolute atomic E-state index is 0.00914. The Morgan fingerprint density at radius 3 is 2.56 bits per heavy atom. The Morgan fingerprint density at radius 2 is 1.78 bits per heavy atom. The number of rotatable bonds is 0. The second kappa shape index (κ2) is 3.65. The van der Waals surface area contributed by atoms with Gasteiger partial charge in [-0.3, -0.25) is 0 Å². The van der Waals surface area contributed by atoms with Gasteiger partial charge in [-0.1, -0.05) is 11.6 Å². The Hall–Kier alpha value is -2.20. The first-order valence-corrected chi connectivity index (χ1v) is 5.52. The highest BCUT2D eigenvalue weighted by Gasteiger charge is 2.11. The number of halogens is 1. The molecule has 0 aliphatic rings. The molecular formula is C13H7ClO4. The Morgan fingerprint density at radius 1 is 1.00 bits per heavy atom. The minimum atomic E-state index is -0.588. The summed E-state index contributed by atoms with van der Waals surface area (Å²) in [6.07, 6.45) is 0. The Labute approximate surface area is 106 Å². The summed E-state index contributed by atoms with van der Waals surface area (Å²) in [7, 11) is 0. The van der Waals surface area contributed by atoms with Crippen molar-refractivity contribution in [1.29, 1.82) is 0 Å². The number of fused-ring (bicyclic) bond motifs is 3. The van der Waals surface area contributed by atoms with Crippen LogP contribution in [0.1, 0.15) is 0 Å². The van der Waals surface area contributed by atoms with Crippen LogP contribution in [-0.4, -0.2) is 10.2 Å². The number of phenolic OH excluding ortho intramolecular Hbond substituents is 2. The van der Waals surface area contributed by atoms with Gasteiger partial charge >= 0.3 is 5.63 Å². The summed E-state index contributed by atoms with van der Waals surface area (Å²) < 4.78 is 5.08. The van der Waals surface area contributed by atoms with Crippen molar-refractivity contribution in [1.82, 2.24) is 0 Å². The lowest BCUT2D eigenvalue weighted by atomic mass is 10.1. The lowest BCUT2D eigenvalue weighted by molar-refractivity contribution is 0.472. The predicted octanol–water partition coefficient (Wildman–Crippen LogP) is 3.01. The van der Waals surface area contributed by atoms with Crippen LogP contribution < -0.4 is 5.63 Å². The van der Waals surface area contributed by atoms with Crippen LogP contribution in [0, 0.1) is 0 Å². The molecule has 0 saturated carbocycles. The topological polar surface area (TPSA) is 70.7 Å². The van der Waals surface area contributed by atoms with Crippen LogP contribution >= 0.6 is 11.6 Å². The van der Waals surface area contributed by atoms with Crippen LogP contribution in [0.15, 0.2) is 39.5 Å². The fourth-order valence-corrected chi connectivity index (χ4v) is 2.09. The molecule has 0 unspecified atom stereocenters. The molecule has 5 heteroatoms. The van der Waals surface area contributed by atoms with E-state index >= 15 is 0 Å². The van der Waals surface area contributed by atoms with Crippen molar-refractivity contribution in [2.24, 2.45) is 0 Å². The molecule has 18 heavy (non-hydrogen) atoms. The van der Waals surface area contributed by atoms with Crippen molar-refractivity contribution in [3.63, 3.8) is 0 Å². The van der Waals surface area contributed by atoms with Crippen molar-refractivity contribution in [2.45, 2.75) is 0 Å². The third kappa shape index (κ3) is 1.50. The van der Waals surface area contributed by atoms with E-state index in [4.69, 9.17) is 16.0 Å². The van der Waals surface area contributed by atoms with Gasteiger partial charge in [-0.2, -0.15) is 0 Å². The molecular weight excluding hydrogens is 256 g/mol. The number of phenols is 2. The van der Waals surface area contributed by atoms with Crippen molar-refractivity contribution in [3.8, 4) is 11.5 Å². The summed E-state index contributed by atoms with van der Waals surface area (Å²) in [6, 6.07) is 7.25. The molecule has 0 spiro atoms. The fourth-order valence-electron chi connectivity index (χ4n) is 1.93. The van der Waals surface area contributed by atoms with E-state index in [1.807, 2.05) is 0 Å². The Bertz CT molecular complexity index is 836. The van der Waals surface area contributed by atoms with E-state index < -0.39 is 5.63 Å². The minimum Gasteiger partial charge on any atom is -0.508 e. The van der Waals surface area contributed by atoms with E-state index in [1.54, 1.807) is 6.07 Å². The molecule has 0 aliphatic carbocycles. The van der Waals surface area contributed by atoms with Gasteiger partial charge in [-0.25, -0.2) is 4.79 Å². The summed E-state index contributed by atoms with van der Waals surface area (Å²) in [5.41, 5.74) is -0.315. The van der Waals surface area contributed by atoms with Crippen LogP contribution in [0.2, 0.25) is 5.02 Å². The van der Waals surface area contributed by atoms with Gasteiger partial charge in [0.05, 0.1) is 10.4 Å². The van der Waals surface area contributed by atoms with Gasteiger partial charge in [-0.15, -0.1) is 0 Å². The molecule has 1 aromatic heterocycles. The molecule has 0 saturated heterocycles. The molecule has 1 heterocycles. The third-order valence-electron chi connectivity index (χ3n) is 2.76. The molecule has 3 rings (SSSR count). The number of hydrogen-bond donors (Lipinski definition) is 2. The highest BCUT2D eigenvalue weighted by molar-refractivity contribution is 6.33. The molecule has 0 amide bonds. The van der Waals surface area contributed by atoms with Gasteiger partial charge in [0.15, 0.2) is 0 Å². The van der Waals surface area contributed by atoms with E-state index in [9.17, 15) is 15.0 Å². The smallest absolute Gasteiger partial charge is 0.344 e. The normalized spacial score (nSPS) is 11.2. The van der Waals surface area contributed by atoms with E-state index in [0.29, 0.717) is 10.8 Å². The van der Waals surface area contributed by atoms with Crippen molar-refractivity contribution in [3.05, 3.63) is 45.8 Å². The average molecular weight is 263 g/mol. The fraction of sp³-hybridized carbons (Fsp3) is 0. The van der Waals surface area contributed by atoms with Gasteiger partial charge in [-0.05, 0) is 24.3 Å².